The summed E-state index contributed by atoms with van der Waals surface area (Å²) in [5.41, 5.74) is 0.349. The number of nitrogens with two attached hydrogens (primary N) is 1. The van der Waals surface area contributed by atoms with Gasteiger partial charge in [0.25, 0.3) is 5.91 Å². The quantitative estimate of drug-likeness (QED) is 0.726. The summed E-state index contributed by atoms with van der Waals surface area (Å²) in [5.74, 6) is -1.41. The number of carbonyl (C=O) groups is 2. The van der Waals surface area contributed by atoms with Crippen LogP contribution in [0.1, 0.15) is 17.3 Å². The molecule has 0 bridgehead atoms. The fraction of sp³-hybridized carbons (Fsp3) is 0.125. The maximum absolute atomic E-state index is 12.1. The molecule has 7 nitrogen and oxygen atoms in total. The molecular formula is C16H14Cl2N2O5S. The van der Waals surface area contributed by atoms with E-state index in [1.165, 1.54) is 49.4 Å². The van der Waals surface area contributed by atoms with Crippen LogP contribution in [0.2, 0.25) is 10.0 Å². The molecule has 0 saturated carbocycles. The monoisotopic (exact) mass is 416 g/mol. The van der Waals surface area contributed by atoms with Crippen LogP contribution in [-0.4, -0.2) is 26.4 Å². The van der Waals surface area contributed by atoms with Crippen molar-refractivity contribution in [1.29, 1.82) is 0 Å². The molecule has 0 radical (unpaired) electrons. The van der Waals surface area contributed by atoms with Gasteiger partial charge < -0.3 is 10.1 Å². The second-order valence-electron chi connectivity index (χ2n) is 5.23. The largest absolute Gasteiger partial charge is 0.449 e. The third-order valence-electron chi connectivity index (χ3n) is 3.25. The normalized spacial score (nSPS) is 12.3. The van der Waals surface area contributed by atoms with Crippen molar-refractivity contribution in [2.75, 3.05) is 5.32 Å². The first-order chi connectivity index (χ1) is 12.1. The molecule has 0 aliphatic carbocycles. The minimum absolute atomic E-state index is 0.0383. The van der Waals surface area contributed by atoms with Crippen molar-refractivity contribution in [1.82, 2.24) is 0 Å². The van der Waals surface area contributed by atoms with Crippen LogP contribution in [0.25, 0.3) is 0 Å². The summed E-state index contributed by atoms with van der Waals surface area (Å²) < 4.78 is 27.5. The Morgan fingerprint density at radius 1 is 1.12 bits per heavy atom. The van der Waals surface area contributed by atoms with E-state index in [1.54, 1.807) is 0 Å². The second-order valence-corrected chi connectivity index (χ2v) is 7.64. The minimum atomic E-state index is -3.82. The van der Waals surface area contributed by atoms with Crippen molar-refractivity contribution in [2.24, 2.45) is 5.14 Å². The molecule has 0 heterocycles. The number of benzene rings is 2. The number of sulfonamides is 1. The molecule has 0 aromatic heterocycles. The van der Waals surface area contributed by atoms with Crippen LogP contribution < -0.4 is 10.5 Å². The first-order valence-electron chi connectivity index (χ1n) is 7.17. The van der Waals surface area contributed by atoms with Crippen molar-refractivity contribution in [2.45, 2.75) is 17.9 Å². The van der Waals surface area contributed by atoms with Crippen molar-refractivity contribution < 1.29 is 22.7 Å². The molecule has 3 N–H and O–H groups in total. The van der Waals surface area contributed by atoms with Gasteiger partial charge in [0, 0.05) is 10.7 Å². The van der Waals surface area contributed by atoms with E-state index in [1.807, 2.05) is 0 Å². The Balaban J connectivity index is 2.03. The van der Waals surface area contributed by atoms with Gasteiger partial charge in [-0.25, -0.2) is 18.4 Å². The zero-order valence-corrected chi connectivity index (χ0v) is 15.7. The van der Waals surface area contributed by atoms with E-state index >= 15 is 0 Å². The average molecular weight is 417 g/mol. The molecule has 0 aliphatic rings. The SMILES string of the molecule is CC(OC(=O)c1cc(Cl)ccc1Cl)C(=O)Nc1ccc(S(N)(=O)=O)cc1. The van der Waals surface area contributed by atoms with Crippen LogP contribution in [-0.2, 0) is 19.6 Å². The van der Waals surface area contributed by atoms with Gasteiger partial charge in [0.2, 0.25) is 10.0 Å². The summed E-state index contributed by atoms with van der Waals surface area (Å²) in [6.07, 6.45) is -1.13. The molecule has 138 valence electrons. The van der Waals surface area contributed by atoms with Gasteiger partial charge in [-0.2, -0.15) is 0 Å². The highest BCUT2D eigenvalue weighted by Crippen LogP contribution is 2.22. The Kier molecular flexibility index (Phi) is 6.25. The van der Waals surface area contributed by atoms with Gasteiger partial charge in [-0.05, 0) is 49.4 Å². The van der Waals surface area contributed by atoms with Gasteiger partial charge in [-0.1, -0.05) is 23.2 Å². The van der Waals surface area contributed by atoms with E-state index in [9.17, 15) is 18.0 Å². The molecule has 26 heavy (non-hydrogen) atoms. The molecule has 2 aromatic rings. The first kappa shape index (κ1) is 20.2. The van der Waals surface area contributed by atoms with E-state index in [-0.39, 0.29) is 15.5 Å². The van der Waals surface area contributed by atoms with Gasteiger partial charge in [-0.3, -0.25) is 4.79 Å². The van der Waals surface area contributed by atoms with Gasteiger partial charge in [-0.15, -0.1) is 0 Å². The number of halogens is 2. The highest BCUT2D eigenvalue weighted by Gasteiger charge is 2.21. The lowest BCUT2D eigenvalue weighted by atomic mass is 10.2. The fourth-order valence-electron chi connectivity index (χ4n) is 1.90. The van der Waals surface area contributed by atoms with E-state index in [0.717, 1.165) is 0 Å². The number of hydrogen-bond acceptors (Lipinski definition) is 5. The highest BCUT2D eigenvalue weighted by molar-refractivity contribution is 7.89. The molecule has 2 aromatic carbocycles. The van der Waals surface area contributed by atoms with Gasteiger partial charge in [0.1, 0.15) is 0 Å². The fourth-order valence-corrected chi connectivity index (χ4v) is 2.79. The van der Waals surface area contributed by atoms with Crippen molar-refractivity contribution in [3.8, 4) is 0 Å². The molecular weight excluding hydrogens is 403 g/mol. The number of esters is 1. The maximum atomic E-state index is 12.1. The lowest BCUT2D eigenvalue weighted by Crippen LogP contribution is -2.30. The lowest BCUT2D eigenvalue weighted by Gasteiger charge is -2.14. The van der Waals surface area contributed by atoms with Crippen molar-refractivity contribution >= 4 is 50.8 Å². The predicted molar refractivity (Wildman–Crippen MR) is 97.8 cm³/mol. The Morgan fingerprint density at radius 3 is 2.31 bits per heavy atom. The van der Waals surface area contributed by atoms with Gasteiger partial charge in [0.05, 0.1) is 15.5 Å². The van der Waals surface area contributed by atoms with E-state index in [0.29, 0.717) is 10.7 Å². The molecule has 2 rings (SSSR count). The summed E-state index contributed by atoms with van der Waals surface area (Å²) >= 11 is 11.7. The molecule has 0 saturated heterocycles. The standard InChI is InChI=1S/C16H14Cl2N2O5S/c1-9(25-16(22)13-8-10(17)2-7-14(13)18)15(21)20-11-3-5-12(6-4-11)26(19,23)24/h2-9H,1H3,(H,20,21)(H2,19,23,24). The second kappa shape index (κ2) is 8.05. The number of hydrogen-bond donors (Lipinski definition) is 2. The minimum Gasteiger partial charge on any atom is -0.449 e. The van der Waals surface area contributed by atoms with Crippen molar-refractivity contribution in [3.05, 3.63) is 58.1 Å². The molecule has 1 amide bonds. The number of amides is 1. The zero-order chi connectivity index (χ0) is 19.5. The third kappa shape index (κ3) is 5.18. The average Bonchev–Trinajstić information content (AvgIpc) is 2.56. The Hall–Kier alpha value is -2.13. The number of rotatable bonds is 5. The number of ether oxygens (including phenoxy) is 1. The lowest BCUT2D eigenvalue weighted by molar-refractivity contribution is -0.123. The van der Waals surface area contributed by atoms with Crippen LogP contribution in [0.15, 0.2) is 47.4 Å². The van der Waals surface area contributed by atoms with Crippen LogP contribution in [0.3, 0.4) is 0 Å². The Morgan fingerprint density at radius 2 is 1.73 bits per heavy atom. The van der Waals surface area contributed by atoms with Crippen LogP contribution in [0, 0.1) is 0 Å². The van der Waals surface area contributed by atoms with Gasteiger partial charge in [0.15, 0.2) is 6.10 Å². The summed E-state index contributed by atoms with van der Waals surface area (Å²) in [5, 5.41) is 7.93. The molecule has 1 unspecified atom stereocenters. The van der Waals surface area contributed by atoms with E-state index in [4.69, 9.17) is 33.1 Å². The van der Waals surface area contributed by atoms with Gasteiger partial charge >= 0.3 is 5.97 Å². The van der Waals surface area contributed by atoms with Crippen molar-refractivity contribution in [3.63, 3.8) is 0 Å². The molecule has 0 spiro atoms. The summed E-state index contributed by atoms with van der Waals surface area (Å²) in [7, 11) is -3.82. The van der Waals surface area contributed by atoms with Crippen LogP contribution in [0.4, 0.5) is 5.69 Å². The summed E-state index contributed by atoms with van der Waals surface area (Å²) in [6.45, 7) is 1.38. The number of nitrogens with one attached hydrogen (secondary N) is 1. The van der Waals surface area contributed by atoms with Crippen LogP contribution >= 0.6 is 23.2 Å². The molecule has 0 aliphatic heterocycles. The topological polar surface area (TPSA) is 116 Å². The van der Waals surface area contributed by atoms with E-state index in [2.05, 4.69) is 5.32 Å². The molecule has 10 heteroatoms. The first-order valence-corrected chi connectivity index (χ1v) is 9.48. The smallest absolute Gasteiger partial charge is 0.340 e. The van der Waals surface area contributed by atoms with E-state index < -0.39 is 28.0 Å². The van der Waals surface area contributed by atoms with Crippen LogP contribution in [0.5, 0.6) is 0 Å². The maximum Gasteiger partial charge on any atom is 0.340 e. The highest BCUT2D eigenvalue weighted by atomic mass is 35.5. The number of carbonyl (C=O) groups excluding carboxylic acids is 2. The summed E-state index contributed by atoms with van der Waals surface area (Å²) in [6, 6.07) is 9.50. The number of primary sulfonamides is 1. The number of anilines is 1. The predicted octanol–water partition coefficient (Wildman–Crippen LogP) is 2.82. The summed E-state index contributed by atoms with van der Waals surface area (Å²) in [4.78, 5) is 24.1. The zero-order valence-electron chi connectivity index (χ0n) is 13.4. The Bertz CT molecular complexity index is 946. The molecule has 1 atom stereocenters. The molecule has 0 fully saturated rings. The Labute approximate surface area is 160 Å². The third-order valence-corrected chi connectivity index (χ3v) is 4.75.